The number of carbonyl (C=O) groups is 2. The van der Waals surface area contributed by atoms with Crippen LogP contribution in [-0.4, -0.2) is 40.2 Å². The molecule has 0 aliphatic carbocycles. The van der Waals surface area contributed by atoms with Gasteiger partial charge in [0.1, 0.15) is 6.04 Å². The van der Waals surface area contributed by atoms with E-state index in [1.54, 1.807) is 18.2 Å². The Bertz CT molecular complexity index is 553. The number of hydrogen-bond acceptors (Lipinski definition) is 3. The molecule has 1 N–H and O–H groups in total. The first-order valence-corrected chi connectivity index (χ1v) is 8.33. The molecule has 1 aliphatic heterocycles. The lowest BCUT2D eigenvalue weighted by Crippen LogP contribution is -2.48. The van der Waals surface area contributed by atoms with Crippen molar-refractivity contribution in [2.24, 2.45) is 0 Å². The lowest BCUT2D eigenvalue weighted by Gasteiger charge is -2.32. The SMILES string of the molecule is O=C(O)[C@@H]1CCCCN1C(=O)CSc1cc(Cl)ccc1Cl. The molecule has 0 spiro atoms. The number of halogens is 2. The van der Waals surface area contributed by atoms with Gasteiger partial charge in [-0.1, -0.05) is 23.2 Å². The van der Waals surface area contributed by atoms with Crippen LogP contribution in [0.2, 0.25) is 10.0 Å². The van der Waals surface area contributed by atoms with Gasteiger partial charge in [0.15, 0.2) is 0 Å². The minimum atomic E-state index is -0.936. The van der Waals surface area contributed by atoms with Crippen LogP contribution in [0.15, 0.2) is 23.1 Å². The molecule has 1 aliphatic rings. The summed E-state index contributed by atoms with van der Waals surface area (Å²) in [6.07, 6.45) is 2.20. The zero-order chi connectivity index (χ0) is 15.4. The van der Waals surface area contributed by atoms with E-state index < -0.39 is 12.0 Å². The van der Waals surface area contributed by atoms with Crippen molar-refractivity contribution >= 4 is 46.8 Å². The van der Waals surface area contributed by atoms with Crippen molar-refractivity contribution in [2.75, 3.05) is 12.3 Å². The van der Waals surface area contributed by atoms with Crippen LogP contribution in [0, 0.1) is 0 Å². The summed E-state index contributed by atoms with van der Waals surface area (Å²) in [6.45, 7) is 0.500. The number of carbonyl (C=O) groups excluding carboxylic acids is 1. The predicted molar refractivity (Wildman–Crippen MR) is 84.2 cm³/mol. The van der Waals surface area contributed by atoms with E-state index in [1.807, 2.05) is 0 Å². The van der Waals surface area contributed by atoms with Crippen LogP contribution in [-0.2, 0) is 9.59 Å². The summed E-state index contributed by atoms with van der Waals surface area (Å²) < 4.78 is 0. The van der Waals surface area contributed by atoms with Gasteiger partial charge in [-0.25, -0.2) is 4.79 Å². The van der Waals surface area contributed by atoms with Crippen molar-refractivity contribution in [1.82, 2.24) is 4.90 Å². The molecule has 1 aromatic rings. The molecule has 1 fully saturated rings. The first-order chi connectivity index (χ1) is 9.99. The highest BCUT2D eigenvalue weighted by Gasteiger charge is 2.31. The number of piperidine rings is 1. The summed E-state index contributed by atoms with van der Waals surface area (Å²) in [4.78, 5) is 25.6. The molecule has 7 heteroatoms. The van der Waals surface area contributed by atoms with E-state index in [4.69, 9.17) is 23.2 Å². The van der Waals surface area contributed by atoms with Crippen molar-refractivity contribution < 1.29 is 14.7 Å². The topological polar surface area (TPSA) is 57.6 Å². The third-order valence-corrected chi connectivity index (χ3v) is 5.07. The van der Waals surface area contributed by atoms with Gasteiger partial charge in [0.25, 0.3) is 0 Å². The molecule has 0 radical (unpaired) electrons. The first-order valence-electron chi connectivity index (χ1n) is 6.59. The zero-order valence-corrected chi connectivity index (χ0v) is 13.5. The molecule has 2 rings (SSSR count). The number of aliphatic carboxylic acids is 1. The molecule has 114 valence electrons. The van der Waals surface area contributed by atoms with Gasteiger partial charge in [-0.05, 0) is 37.5 Å². The Labute approximate surface area is 137 Å². The highest BCUT2D eigenvalue weighted by Crippen LogP contribution is 2.30. The van der Waals surface area contributed by atoms with Crippen LogP contribution >= 0.6 is 35.0 Å². The Morgan fingerprint density at radius 3 is 2.81 bits per heavy atom. The lowest BCUT2D eigenvalue weighted by molar-refractivity contribution is -0.150. The van der Waals surface area contributed by atoms with E-state index in [9.17, 15) is 14.7 Å². The highest BCUT2D eigenvalue weighted by atomic mass is 35.5. The smallest absolute Gasteiger partial charge is 0.326 e. The van der Waals surface area contributed by atoms with Crippen LogP contribution in [0.5, 0.6) is 0 Å². The summed E-state index contributed by atoms with van der Waals surface area (Å²) in [5, 5.41) is 10.3. The van der Waals surface area contributed by atoms with E-state index in [0.717, 1.165) is 17.7 Å². The average molecular weight is 348 g/mol. The molecule has 1 amide bonds. The highest BCUT2D eigenvalue weighted by molar-refractivity contribution is 8.00. The number of benzene rings is 1. The second-order valence-electron chi connectivity index (χ2n) is 4.80. The van der Waals surface area contributed by atoms with Gasteiger partial charge in [0, 0.05) is 16.5 Å². The van der Waals surface area contributed by atoms with Gasteiger partial charge in [-0.15, -0.1) is 11.8 Å². The number of rotatable bonds is 4. The maximum Gasteiger partial charge on any atom is 0.326 e. The lowest BCUT2D eigenvalue weighted by atomic mass is 10.0. The molecule has 0 aromatic heterocycles. The van der Waals surface area contributed by atoms with Crippen molar-refractivity contribution in [3.63, 3.8) is 0 Å². The number of amides is 1. The van der Waals surface area contributed by atoms with Crippen LogP contribution < -0.4 is 0 Å². The predicted octanol–water partition coefficient (Wildman–Crippen LogP) is 3.55. The van der Waals surface area contributed by atoms with Crippen LogP contribution in [0.25, 0.3) is 0 Å². The van der Waals surface area contributed by atoms with Crippen LogP contribution in [0.3, 0.4) is 0 Å². The Balaban J connectivity index is 2.00. The fourth-order valence-electron chi connectivity index (χ4n) is 2.30. The molecule has 0 bridgehead atoms. The van der Waals surface area contributed by atoms with Crippen LogP contribution in [0.1, 0.15) is 19.3 Å². The maximum absolute atomic E-state index is 12.2. The normalized spacial score (nSPS) is 18.6. The Morgan fingerprint density at radius 1 is 1.33 bits per heavy atom. The molecular formula is C14H15Cl2NO3S. The van der Waals surface area contributed by atoms with E-state index >= 15 is 0 Å². The van der Waals surface area contributed by atoms with Crippen molar-refractivity contribution in [2.45, 2.75) is 30.2 Å². The minimum Gasteiger partial charge on any atom is -0.480 e. The maximum atomic E-state index is 12.2. The largest absolute Gasteiger partial charge is 0.480 e. The first kappa shape index (κ1) is 16.5. The van der Waals surface area contributed by atoms with E-state index in [0.29, 0.717) is 23.0 Å². The van der Waals surface area contributed by atoms with Gasteiger partial charge >= 0.3 is 5.97 Å². The summed E-state index contributed by atoms with van der Waals surface area (Å²) in [6, 6.07) is 4.35. The molecule has 21 heavy (non-hydrogen) atoms. The fourth-order valence-corrected chi connectivity index (χ4v) is 3.68. The number of nitrogens with zero attached hydrogens (tertiary/aromatic N) is 1. The molecular weight excluding hydrogens is 333 g/mol. The summed E-state index contributed by atoms with van der Waals surface area (Å²) in [7, 11) is 0. The Morgan fingerprint density at radius 2 is 2.10 bits per heavy atom. The molecule has 0 unspecified atom stereocenters. The van der Waals surface area contributed by atoms with Gasteiger partial charge in [0.2, 0.25) is 5.91 Å². The van der Waals surface area contributed by atoms with Gasteiger partial charge in [0.05, 0.1) is 10.8 Å². The zero-order valence-electron chi connectivity index (χ0n) is 11.2. The molecule has 1 saturated heterocycles. The number of likely N-dealkylation sites (tertiary alicyclic amines) is 1. The summed E-state index contributed by atoms with van der Waals surface area (Å²) in [5.74, 6) is -0.957. The summed E-state index contributed by atoms with van der Waals surface area (Å²) >= 11 is 13.2. The van der Waals surface area contributed by atoms with E-state index in [1.165, 1.54) is 16.7 Å². The van der Waals surface area contributed by atoms with Crippen molar-refractivity contribution in [1.29, 1.82) is 0 Å². The molecule has 0 saturated carbocycles. The third kappa shape index (κ3) is 4.28. The van der Waals surface area contributed by atoms with Crippen molar-refractivity contribution in [3.8, 4) is 0 Å². The third-order valence-electron chi connectivity index (χ3n) is 3.35. The van der Waals surface area contributed by atoms with Crippen molar-refractivity contribution in [3.05, 3.63) is 28.2 Å². The number of carboxylic acids is 1. The molecule has 1 aromatic carbocycles. The molecule has 1 heterocycles. The second-order valence-corrected chi connectivity index (χ2v) is 6.66. The summed E-state index contributed by atoms with van der Waals surface area (Å²) in [5.41, 5.74) is 0. The van der Waals surface area contributed by atoms with Gasteiger partial charge in [-0.2, -0.15) is 0 Å². The van der Waals surface area contributed by atoms with Crippen LogP contribution in [0.4, 0.5) is 0 Å². The minimum absolute atomic E-state index is 0.157. The monoisotopic (exact) mass is 347 g/mol. The van der Waals surface area contributed by atoms with E-state index in [-0.39, 0.29) is 11.7 Å². The Kier molecular flexibility index (Phi) is 5.79. The second kappa shape index (κ2) is 7.38. The average Bonchev–Trinajstić information content (AvgIpc) is 2.47. The van der Waals surface area contributed by atoms with Gasteiger partial charge in [-0.3, -0.25) is 4.79 Å². The number of hydrogen-bond donors (Lipinski definition) is 1. The van der Waals surface area contributed by atoms with Gasteiger partial charge < -0.3 is 10.0 Å². The molecule has 4 nitrogen and oxygen atoms in total. The fraction of sp³-hybridized carbons (Fsp3) is 0.429. The standard InChI is InChI=1S/C14H15Cl2NO3S/c15-9-4-5-10(16)12(7-9)21-8-13(18)17-6-2-1-3-11(17)14(19)20/h4-5,7,11H,1-3,6,8H2,(H,19,20)/t11-/m0/s1. The molecule has 1 atom stereocenters. The number of carboxylic acid groups (broad SMARTS) is 1. The quantitative estimate of drug-likeness (QED) is 0.846. The van der Waals surface area contributed by atoms with E-state index in [2.05, 4.69) is 0 Å². The Hall–Kier alpha value is -0.910. The number of thioether (sulfide) groups is 1.